The number of hydrogen-bond acceptors (Lipinski definition) is 4. The smallest absolute Gasteiger partial charge is 0.341 e. The molecule has 39 heavy (non-hydrogen) atoms. The number of carbonyl (C=O) groups is 1. The molecule has 5 nitrogen and oxygen atoms in total. The Hall–Kier alpha value is -1.23. The first-order valence-corrected chi connectivity index (χ1v) is 17.1. The van der Waals surface area contributed by atoms with E-state index < -0.39 is 5.97 Å². The molecule has 3 aliphatic rings. The number of ether oxygens (including phenoxy) is 3. The van der Waals surface area contributed by atoms with Crippen molar-refractivity contribution in [3.8, 4) is 0 Å². The fourth-order valence-electron chi connectivity index (χ4n) is 6.60. The van der Waals surface area contributed by atoms with E-state index in [1.165, 1.54) is 109 Å². The van der Waals surface area contributed by atoms with Gasteiger partial charge < -0.3 is 19.3 Å². The van der Waals surface area contributed by atoms with Crippen LogP contribution in [0.25, 0.3) is 0 Å². The number of aliphatic carboxylic acids is 1. The van der Waals surface area contributed by atoms with Crippen molar-refractivity contribution in [3.05, 3.63) is 11.5 Å². The van der Waals surface area contributed by atoms with Crippen LogP contribution < -0.4 is 0 Å². The fourth-order valence-corrected chi connectivity index (χ4v) is 6.60. The first-order chi connectivity index (χ1) is 19.2. The van der Waals surface area contributed by atoms with Crippen LogP contribution in [0.5, 0.6) is 0 Å². The molecule has 3 saturated carbocycles. The predicted molar refractivity (Wildman–Crippen MR) is 159 cm³/mol. The van der Waals surface area contributed by atoms with Crippen LogP contribution in [-0.4, -0.2) is 36.0 Å². The van der Waals surface area contributed by atoms with Gasteiger partial charge in [-0.2, -0.15) is 0 Å². The first-order valence-electron chi connectivity index (χ1n) is 17.1. The summed E-state index contributed by atoms with van der Waals surface area (Å²) in [6.45, 7) is 0.0781. The summed E-state index contributed by atoms with van der Waals surface area (Å²) < 4.78 is 19.6. The summed E-state index contributed by atoms with van der Waals surface area (Å²) in [5, 5.41) is 10.4. The maximum absolute atomic E-state index is 12.7. The molecule has 0 radical (unpaired) electrons. The Balaban J connectivity index is 1.74. The lowest BCUT2D eigenvalue weighted by molar-refractivity contribution is -0.135. The van der Waals surface area contributed by atoms with Gasteiger partial charge in [-0.25, -0.2) is 4.79 Å². The highest BCUT2D eigenvalue weighted by Gasteiger charge is 2.26. The van der Waals surface area contributed by atoms with Crippen LogP contribution in [0.1, 0.15) is 173 Å². The van der Waals surface area contributed by atoms with E-state index >= 15 is 0 Å². The number of carboxylic acids is 1. The van der Waals surface area contributed by atoms with Gasteiger partial charge in [0.2, 0.25) is 0 Å². The fraction of sp³-hybridized carbons (Fsp3) is 0.912. The third kappa shape index (κ3) is 14.3. The summed E-state index contributed by atoms with van der Waals surface area (Å²) >= 11 is 0. The lowest BCUT2D eigenvalue weighted by atomic mass is 9.99. The second-order valence-electron chi connectivity index (χ2n) is 12.6. The molecule has 0 aliphatic heterocycles. The third-order valence-electron chi connectivity index (χ3n) is 9.17. The minimum atomic E-state index is -0.954. The van der Waals surface area contributed by atoms with E-state index in [4.69, 9.17) is 14.2 Å². The lowest BCUT2D eigenvalue weighted by Gasteiger charge is -2.28. The number of hydrogen-bond donors (Lipinski definition) is 1. The average Bonchev–Trinajstić information content (AvgIpc) is 2.94. The molecule has 0 atom stereocenters. The van der Waals surface area contributed by atoms with E-state index in [0.29, 0.717) is 0 Å². The summed E-state index contributed by atoms with van der Waals surface area (Å²) in [5.41, 5.74) is 0.196. The van der Waals surface area contributed by atoms with Gasteiger partial charge in [0.05, 0.1) is 12.7 Å². The second-order valence-corrected chi connectivity index (χ2v) is 12.6. The Kier molecular flexibility index (Phi) is 17.1. The van der Waals surface area contributed by atoms with E-state index in [1.54, 1.807) is 0 Å². The van der Waals surface area contributed by atoms with Crippen molar-refractivity contribution in [2.45, 2.75) is 192 Å². The Morgan fingerprint density at radius 2 is 0.744 bits per heavy atom. The zero-order chi connectivity index (χ0) is 27.4. The van der Waals surface area contributed by atoms with E-state index in [-0.39, 0.29) is 36.4 Å². The van der Waals surface area contributed by atoms with Crippen LogP contribution in [-0.2, 0) is 19.0 Å². The highest BCUT2D eigenvalue weighted by molar-refractivity contribution is 5.87. The molecule has 5 heteroatoms. The SMILES string of the molecule is O=C(O)C(COC1CCCCCCCCC1)=C(OC1CCCCCCCCC1)OC1CCCCCCCCC1. The van der Waals surface area contributed by atoms with Gasteiger partial charge in [0, 0.05) is 0 Å². The minimum absolute atomic E-state index is 0.0284. The van der Waals surface area contributed by atoms with Gasteiger partial charge in [-0.05, 0) is 64.2 Å². The summed E-state index contributed by atoms with van der Waals surface area (Å²) in [7, 11) is 0. The van der Waals surface area contributed by atoms with Gasteiger partial charge in [0.1, 0.15) is 17.8 Å². The maximum Gasteiger partial charge on any atom is 0.341 e. The summed E-state index contributed by atoms with van der Waals surface area (Å²) in [4.78, 5) is 12.7. The van der Waals surface area contributed by atoms with Crippen molar-refractivity contribution >= 4 is 5.97 Å². The molecule has 1 N–H and O–H groups in total. The van der Waals surface area contributed by atoms with Crippen LogP contribution in [0.15, 0.2) is 11.5 Å². The molecule has 0 spiro atoms. The standard InChI is InChI=1S/C34H60O5/c35-33(36)32(28-37-29-22-16-10-4-1-5-11-17-23-29)34(38-30-24-18-12-6-2-7-13-19-25-30)39-31-26-20-14-8-3-9-15-21-27-31/h29-31H,1-28H2,(H,35,36). The highest BCUT2D eigenvalue weighted by Crippen LogP contribution is 2.28. The largest absolute Gasteiger partial charge is 0.478 e. The molecule has 0 aromatic heterocycles. The molecular weight excluding hydrogens is 488 g/mol. The summed E-state index contributed by atoms with van der Waals surface area (Å²) in [6.07, 6.45) is 32.3. The quantitative estimate of drug-likeness (QED) is 0.241. The zero-order valence-corrected chi connectivity index (χ0v) is 25.1. The van der Waals surface area contributed by atoms with Crippen molar-refractivity contribution in [1.82, 2.24) is 0 Å². The van der Waals surface area contributed by atoms with E-state index in [1.807, 2.05) is 0 Å². The Morgan fingerprint density at radius 1 is 0.462 bits per heavy atom. The molecule has 0 amide bonds. The Bertz CT molecular complexity index is 614. The monoisotopic (exact) mass is 548 g/mol. The Morgan fingerprint density at radius 3 is 1.05 bits per heavy atom. The van der Waals surface area contributed by atoms with Crippen molar-refractivity contribution in [2.75, 3.05) is 6.61 Å². The molecule has 0 unspecified atom stereocenters. The molecule has 3 aliphatic carbocycles. The molecule has 0 bridgehead atoms. The van der Waals surface area contributed by atoms with Crippen molar-refractivity contribution in [3.63, 3.8) is 0 Å². The van der Waals surface area contributed by atoms with E-state index in [2.05, 4.69) is 0 Å². The number of rotatable bonds is 8. The molecule has 0 saturated heterocycles. The van der Waals surface area contributed by atoms with Crippen molar-refractivity contribution in [1.29, 1.82) is 0 Å². The van der Waals surface area contributed by atoms with Gasteiger partial charge in [0.15, 0.2) is 0 Å². The van der Waals surface area contributed by atoms with E-state index in [9.17, 15) is 9.90 Å². The molecule has 226 valence electrons. The molecule has 3 rings (SSSR count). The van der Waals surface area contributed by atoms with Gasteiger partial charge in [-0.15, -0.1) is 0 Å². The molecule has 3 fully saturated rings. The van der Waals surface area contributed by atoms with Gasteiger partial charge in [-0.3, -0.25) is 0 Å². The summed E-state index contributed by atoms with van der Waals surface area (Å²) in [6, 6.07) is 0. The van der Waals surface area contributed by atoms with Crippen LogP contribution in [0.4, 0.5) is 0 Å². The molecule has 0 aromatic carbocycles. The van der Waals surface area contributed by atoms with Crippen LogP contribution in [0.2, 0.25) is 0 Å². The highest BCUT2D eigenvalue weighted by atomic mass is 16.7. The van der Waals surface area contributed by atoms with Crippen LogP contribution in [0.3, 0.4) is 0 Å². The predicted octanol–water partition coefficient (Wildman–Crippen LogP) is 10.0. The molecular formula is C34H60O5. The Labute approximate surface area is 239 Å². The average molecular weight is 549 g/mol. The first kappa shape index (κ1) is 32.3. The van der Waals surface area contributed by atoms with Crippen molar-refractivity contribution < 1.29 is 24.1 Å². The number of carboxylic acid groups (broad SMARTS) is 1. The summed E-state index contributed by atoms with van der Waals surface area (Å²) in [5.74, 6) is -0.684. The third-order valence-corrected chi connectivity index (χ3v) is 9.17. The van der Waals surface area contributed by atoms with Gasteiger partial charge >= 0.3 is 5.97 Å². The van der Waals surface area contributed by atoms with Crippen LogP contribution >= 0.6 is 0 Å². The topological polar surface area (TPSA) is 65.0 Å². The van der Waals surface area contributed by atoms with Gasteiger partial charge in [0.25, 0.3) is 5.95 Å². The molecule has 0 heterocycles. The lowest BCUT2D eigenvalue weighted by Crippen LogP contribution is -2.25. The zero-order valence-electron chi connectivity index (χ0n) is 25.1. The van der Waals surface area contributed by atoms with Crippen LogP contribution in [0, 0.1) is 0 Å². The second kappa shape index (κ2) is 20.6. The molecule has 0 aromatic rings. The minimum Gasteiger partial charge on any atom is -0.478 e. The van der Waals surface area contributed by atoms with Gasteiger partial charge in [-0.1, -0.05) is 109 Å². The van der Waals surface area contributed by atoms with Crippen molar-refractivity contribution in [2.24, 2.45) is 0 Å². The normalized spacial score (nSPS) is 23.3. The maximum atomic E-state index is 12.7. The van der Waals surface area contributed by atoms with E-state index in [0.717, 1.165) is 64.2 Å².